The van der Waals surface area contributed by atoms with E-state index in [0.29, 0.717) is 18.6 Å². The molecular weight excluding hydrogens is 180 g/mol. The van der Waals surface area contributed by atoms with E-state index in [9.17, 15) is 4.79 Å². The van der Waals surface area contributed by atoms with Gasteiger partial charge in [0.1, 0.15) is 0 Å². The fraction of sp³-hybridized carbons (Fsp3) is 0.900. The van der Waals surface area contributed by atoms with Crippen LogP contribution in [0.25, 0.3) is 0 Å². The Bertz CT molecular complexity index is 171. The maximum absolute atomic E-state index is 11.4. The van der Waals surface area contributed by atoms with Crippen molar-refractivity contribution in [3.63, 3.8) is 0 Å². The standard InChI is InChI=1S/C10H22N2O2/c1-8(2)12(9(3)4)7-10(13)14-11(5)6/h8-9H,7H2,1-6H3. The lowest BCUT2D eigenvalue weighted by Crippen LogP contribution is -2.42. The summed E-state index contributed by atoms with van der Waals surface area (Å²) in [4.78, 5) is 18.4. The van der Waals surface area contributed by atoms with Gasteiger partial charge in [0.15, 0.2) is 0 Å². The Morgan fingerprint density at radius 2 is 1.57 bits per heavy atom. The molecule has 0 atom stereocenters. The number of hydroxylamine groups is 2. The van der Waals surface area contributed by atoms with Crippen LogP contribution in [-0.4, -0.2) is 48.7 Å². The van der Waals surface area contributed by atoms with E-state index in [-0.39, 0.29) is 5.97 Å². The van der Waals surface area contributed by atoms with E-state index in [1.165, 1.54) is 5.06 Å². The van der Waals surface area contributed by atoms with Crippen molar-refractivity contribution in [2.75, 3.05) is 20.6 Å². The van der Waals surface area contributed by atoms with Gasteiger partial charge in [-0.05, 0) is 27.7 Å². The molecule has 0 aliphatic rings. The third-order valence-corrected chi connectivity index (χ3v) is 1.92. The third kappa shape index (κ3) is 5.19. The lowest BCUT2D eigenvalue weighted by Gasteiger charge is -2.29. The molecule has 4 nitrogen and oxygen atoms in total. The van der Waals surface area contributed by atoms with Crippen molar-refractivity contribution in [2.24, 2.45) is 0 Å². The highest BCUT2D eigenvalue weighted by Gasteiger charge is 2.18. The molecule has 0 amide bonds. The molecule has 0 aromatic heterocycles. The third-order valence-electron chi connectivity index (χ3n) is 1.92. The molecule has 0 rings (SSSR count). The molecule has 0 aromatic carbocycles. The Kier molecular flexibility index (Phi) is 5.72. The van der Waals surface area contributed by atoms with Crippen molar-refractivity contribution in [1.82, 2.24) is 9.96 Å². The minimum absolute atomic E-state index is 0.211. The summed E-state index contributed by atoms with van der Waals surface area (Å²) in [6.07, 6.45) is 0. The monoisotopic (exact) mass is 202 g/mol. The summed E-state index contributed by atoms with van der Waals surface area (Å²) >= 11 is 0. The van der Waals surface area contributed by atoms with Gasteiger partial charge in [0.25, 0.3) is 0 Å². The average Bonchev–Trinajstić information content (AvgIpc) is 1.97. The zero-order valence-corrected chi connectivity index (χ0v) is 10.1. The quantitative estimate of drug-likeness (QED) is 0.626. The van der Waals surface area contributed by atoms with Crippen LogP contribution in [0.15, 0.2) is 0 Å². The largest absolute Gasteiger partial charge is 0.367 e. The fourth-order valence-corrected chi connectivity index (χ4v) is 1.34. The summed E-state index contributed by atoms with van der Waals surface area (Å²) in [7, 11) is 3.40. The van der Waals surface area contributed by atoms with Crippen LogP contribution in [0.1, 0.15) is 27.7 Å². The molecule has 0 saturated carbocycles. The number of hydrogen-bond acceptors (Lipinski definition) is 4. The Morgan fingerprint density at radius 1 is 1.14 bits per heavy atom. The summed E-state index contributed by atoms with van der Waals surface area (Å²) in [6, 6.07) is 0.703. The highest BCUT2D eigenvalue weighted by atomic mass is 16.7. The van der Waals surface area contributed by atoms with Crippen molar-refractivity contribution in [2.45, 2.75) is 39.8 Å². The highest BCUT2D eigenvalue weighted by Crippen LogP contribution is 2.04. The molecule has 0 N–H and O–H groups in total. The second-order valence-corrected chi connectivity index (χ2v) is 4.14. The Morgan fingerprint density at radius 3 is 1.86 bits per heavy atom. The SMILES string of the molecule is CC(C)N(CC(=O)ON(C)C)C(C)C. The molecular formula is C10H22N2O2. The summed E-state index contributed by atoms with van der Waals surface area (Å²) in [5, 5.41) is 1.42. The molecule has 84 valence electrons. The zero-order valence-electron chi connectivity index (χ0n) is 10.1. The molecule has 0 aliphatic carbocycles. The van der Waals surface area contributed by atoms with Crippen LogP contribution >= 0.6 is 0 Å². The van der Waals surface area contributed by atoms with Crippen LogP contribution < -0.4 is 0 Å². The van der Waals surface area contributed by atoms with Crippen LogP contribution in [0.5, 0.6) is 0 Å². The summed E-state index contributed by atoms with van der Waals surface area (Å²) in [5.41, 5.74) is 0. The first-order valence-electron chi connectivity index (χ1n) is 4.98. The van der Waals surface area contributed by atoms with Gasteiger partial charge < -0.3 is 4.84 Å². The predicted molar refractivity (Wildman–Crippen MR) is 56.8 cm³/mol. The van der Waals surface area contributed by atoms with Gasteiger partial charge in [-0.25, -0.2) is 4.79 Å². The normalized spacial score (nSPS) is 11.9. The van der Waals surface area contributed by atoms with Crippen LogP contribution in [0, 0.1) is 0 Å². The molecule has 0 unspecified atom stereocenters. The van der Waals surface area contributed by atoms with E-state index in [2.05, 4.69) is 32.6 Å². The lowest BCUT2D eigenvalue weighted by atomic mass is 10.2. The van der Waals surface area contributed by atoms with Gasteiger partial charge in [-0.1, -0.05) is 0 Å². The van der Waals surface area contributed by atoms with E-state index in [1.54, 1.807) is 14.1 Å². The maximum atomic E-state index is 11.4. The summed E-state index contributed by atoms with van der Waals surface area (Å²) < 4.78 is 0. The second kappa shape index (κ2) is 5.98. The molecule has 0 spiro atoms. The van der Waals surface area contributed by atoms with E-state index in [1.807, 2.05) is 0 Å². The highest BCUT2D eigenvalue weighted by molar-refractivity contribution is 5.71. The van der Waals surface area contributed by atoms with Gasteiger partial charge in [0, 0.05) is 26.2 Å². The second-order valence-electron chi connectivity index (χ2n) is 4.14. The van der Waals surface area contributed by atoms with Crippen LogP contribution in [0.3, 0.4) is 0 Å². The molecule has 0 saturated heterocycles. The van der Waals surface area contributed by atoms with Crippen molar-refractivity contribution in [3.05, 3.63) is 0 Å². The number of hydrogen-bond donors (Lipinski definition) is 0. The van der Waals surface area contributed by atoms with Crippen molar-refractivity contribution < 1.29 is 9.63 Å². The number of carbonyl (C=O) groups excluding carboxylic acids is 1. The van der Waals surface area contributed by atoms with E-state index >= 15 is 0 Å². The number of carbonyl (C=O) groups is 1. The first-order valence-corrected chi connectivity index (χ1v) is 4.98. The molecule has 14 heavy (non-hydrogen) atoms. The molecule has 4 heteroatoms. The molecule has 0 aliphatic heterocycles. The zero-order chi connectivity index (χ0) is 11.3. The van der Waals surface area contributed by atoms with E-state index < -0.39 is 0 Å². The van der Waals surface area contributed by atoms with Gasteiger partial charge in [0.2, 0.25) is 0 Å². The minimum Gasteiger partial charge on any atom is -0.367 e. The molecule has 0 bridgehead atoms. The van der Waals surface area contributed by atoms with Gasteiger partial charge >= 0.3 is 5.97 Å². The molecule has 0 heterocycles. The fourth-order valence-electron chi connectivity index (χ4n) is 1.34. The summed E-state index contributed by atoms with van der Waals surface area (Å²) in [6.45, 7) is 8.63. The van der Waals surface area contributed by atoms with Crippen LogP contribution in [0.4, 0.5) is 0 Å². The van der Waals surface area contributed by atoms with Crippen LogP contribution in [-0.2, 0) is 9.63 Å². The average molecular weight is 202 g/mol. The van der Waals surface area contributed by atoms with Crippen molar-refractivity contribution >= 4 is 5.97 Å². The first kappa shape index (κ1) is 13.4. The Labute approximate surface area is 86.8 Å². The summed E-state index contributed by atoms with van der Waals surface area (Å²) in [5.74, 6) is -0.211. The lowest BCUT2D eigenvalue weighted by molar-refractivity contribution is -0.180. The van der Waals surface area contributed by atoms with Crippen LogP contribution in [0.2, 0.25) is 0 Å². The topological polar surface area (TPSA) is 32.8 Å². The van der Waals surface area contributed by atoms with Gasteiger partial charge in [-0.15, -0.1) is 5.06 Å². The molecule has 0 fully saturated rings. The number of nitrogens with zero attached hydrogens (tertiary/aromatic N) is 2. The smallest absolute Gasteiger partial charge is 0.339 e. The Hall–Kier alpha value is -0.610. The minimum atomic E-state index is -0.211. The van der Waals surface area contributed by atoms with E-state index in [0.717, 1.165) is 0 Å². The maximum Gasteiger partial charge on any atom is 0.339 e. The van der Waals surface area contributed by atoms with Gasteiger partial charge in [0.05, 0.1) is 6.54 Å². The van der Waals surface area contributed by atoms with Crippen molar-refractivity contribution in [3.8, 4) is 0 Å². The van der Waals surface area contributed by atoms with E-state index in [4.69, 9.17) is 4.84 Å². The van der Waals surface area contributed by atoms with Crippen molar-refractivity contribution in [1.29, 1.82) is 0 Å². The van der Waals surface area contributed by atoms with Gasteiger partial charge in [-0.2, -0.15) is 0 Å². The van der Waals surface area contributed by atoms with Gasteiger partial charge in [-0.3, -0.25) is 4.90 Å². The number of rotatable bonds is 5. The molecule has 0 radical (unpaired) electrons. The Balaban J connectivity index is 4.10. The predicted octanol–water partition coefficient (Wildman–Crippen LogP) is 1.12. The molecule has 0 aromatic rings. The first-order chi connectivity index (χ1) is 6.34.